The van der Waals surface area contributed by atoms with Crippen LogP contribution in [0.15, 0.2) is 0 Å². The normalized spacial score (nSPS) is 32.7. The van der Waals surface area contributed by atoms with Crippen molar-refractivity contribution in [3.05, 3.63) is 0 Å². The summed E-state index contributed by atoms with van der Waals surface area (Å²) in [6.07, 6.45) is 2.93. The summed E-state index contributed by atoms with van der Waals surface area (Å²) in [7, 11) is 0. The summed E-state index contributed by atoms with van der Waals surface area (Å²) >= 11 is 1.24. The fourth-order valence-electron chi connectivity index (χ4n) is 3.24. The Labute approximate surface area is 161 Å². The number of fused-ring (bicyclic) bond motifs is 1. The molecule has 152 valence electrons. The highest BCUT2D eigenvalue weighted by Crippen LogP contribution is 2.45. The van der Waals surface area contributed by atoms with Crippen LogP contribution in [0.2, 0.25) is 0 Å². The van der Waals surface area contributed by atoms with Crippen LogP contribution in [0.5, 0.6) is 0 Å². The second kappa shape index (κ2) is 9.85. The van der Waals surface area contributed by atoms with Gasteiger partial charge in [-0.25, -0.2) is 0 Å². The van der Waals surface area contributed by atoms with Gasteiger partial charge in [0.15, 0.2) is 17.2 Å². The minimum atomic E-state index is -0.746. The molecule has 0 radical (unpaired) electrons. The van der Waals surface area contributed by atoms with Gasteiger partial charge in [-0.1, -0.05) is 38.5 Å². The topological polar surface area (TPSA) is 63.2 Å². The molecule has 6 nitrogen and oxygen atoms in total. The summed E-state index contributed by atoms with van der Waals surface area (Å²) in [4.78, 5) is 11.6. The van der Waals surface area contributed by atoms with E-state index < -0.39 is 17.7 Å². The Morgan fingerprint density at radius 1 is 1.08 bits per heavy atom. The van der Waals surface area contributed by atoms with E-state index in [1.807, 2.05) is 13.8 Å². The quantitative estimate of drug-likeness (QED) is 0.500. The van der Waals surface area contributed by atoms with Crippen LogP contribution in [0, 0.1) is 0 Å². The van der Waals surface area contributed by atoms with Crippen molar-refractivity contribution in [3.63, 3.8) is 0 Å². The third-order valence-corrected chi connectivity index (χ3v) is 5.60. The smallest absolute Gasteiger partial charge is 0.190 e. The molecule has 1 unspecified atom stereocenters. The number of hydrogen-bond acceptors (Lipinski definition) is 7. The summed E-state index contributed by atoms with van der Waals surface area (Å²) in [6.45, 7) is 11.2. The van der Waals surface area contributed by atoms with Gasteiger partial charge < -0.3 is 23.7 Å². The maximum absolute atomic E-state index is 11.6. The monoisotopic (exact) mass is 390 g/mol. The van der Waals surface area contributed by atoms with Gasteiger partial charge in [-0.3, -0.25) is 4.79 Å². The Morgan fingerprint density at radius 2 is 1.77 bits per heavy atom. The standard InChI is InChI=1S/C19H34O6S/c1-6-8-10-21-12-19(13-26-14(3)20)16(22-11-9-7-2)15-17(25-19)24-18(4,5)23-15/h15-17H,6-13H2,1-5H3/t15-,16?,17-,19+/m0/s1. The third kappa shape index (κ3) is 5.66. The lowest BCUT2D eigenvalue weighted by Gasteiger charge is -2.36. The molecule has 0 saturated carbocycles. The fraction of sp³-hybridized carbons (Fsp3) is 0.947. The highest BCUT2D eigenvalue weighted by Gasteiger charge is 2.62. The molecule has 26 heavy (non-hydrogen) atoms. The van der Waals surface area contributed by atoms with Gasteiger partial charge in [-0.05, 0) is 26.7 Å². The first-order valence-corrected chi connectivity index (χ1v) is 10.7. The van der Waals surface area contributed by atoms with Gasteiger partial charge in [0.05, 0.1) is 6.61 Å². The Morgan fingerprint density at radius 3 is 2.42 bits per heavy atom. The average Bonchev–Trinajstić information content (AvgIpc) is 3.00. The Kier molecular flexibility index (Phi) is 8.37. The van der Waals surface area contributed by atoms with Crippen LogP contribution in [0.25, 0.3) is 0 Å². The van der Waals surface area contributed by atoms with E-state index in [4.69, 9.17) is 23.7 Å². The van der Waals surface area contributed by atoms with Crippen molar-refractivity contribution in [2.75, 3.05) is 25.6 Å². The molecule has 2 fully saturated rings. The molecule has 0 aromatic rings. The first kappa shape index (κ1) is 22.1. The lowest BCUT2D eigenvalue weighted by Crippen LogP contribution is -2.52. The van der Waals surface area contributed by atoms with E-state index >= 15 is 0 Å². The number of thioether (sulfide) groups is 1. The summed E-state index contributed by atoms with van der Waals surface area (Å²) < 4.78 is 30.4. The van der Waals surface area contributed by atoms with Crippen molar-refractivity contribution in [2.45, 2.75) is 90.2 Å². The number of hydrogen-bond donors (Lipinski definition) is 0. The molecule has 0 N–H and O–H groups in total. The molecule has 2 saturated heterocycles. The maximum Gasteiger partial charge on any atom is 0.190 e. The highest BCUT2D eigenvalue weighted by atomic mass is 32.2. The summed E-state index contributed by atoms with van der Waals surface area (Å²) in [5.41, 5.74) is -0.746. The van der Waals surface area contributed by atoms with Crippen molar-refractivity contribution >= 4 is 16.9 Å². The van der Waals surface area contributed by atoms with E-state index in [9.17, 15) is 4.79 Å². The van der Waals surface area contributed by atoms with E-state index in [2.05, 4.69) is 13.8 Å². The molecule has 0 aliphatic carbocycles. The first-order valence-electron chi connectivity index (χ1n) is 9.69. The van der Waals surface area contributed by atoms with E-state index in [-0.39, 0.29) is 17.3 Å². The fourth-order valence-corrected chi connectivity index (χ4v) is 4.00. The van der Waals surface area contributed by atoms with Crippen molar-refractivity contribution in [1.82, 2.24) is 0 Å². The number of rotatable bonds is 11. The Balaban J connectivity index is 2.15. The number of ether oxygens (including phenoxy) is 5. The molecular formula is C19H34O6S. The zero-order chi connectivity index (χ0) is 19.2. The molecule has 4 atom stereocenters. The Hall–Kier alpha value is -0.180. The Bertz CT molecular complexity index is 457. The highest BCUT2D eigenvalue weighted by molar-refractivity contribution is 8.13. The lowest BCUT2D eigenvalue weighted by molar-refractivity contribution is -0.247. The van der Waals surface area contributed by atoms with Gasteiger partial charge in [0.2, 0.25) is 0 Å². The molecule has 0 aromatic carbocycles. The van der Waals surface area contributed by atoms with Crippen molar-refractivity contribution in [2.24, 2.45) is 0 Å². The molecule has 2 heterocycles. The number of unbranched alkanes of at least 4 members (excludes halogenated alkanes) is 2. The van der Waals surface area contributed by atoms with E-state index in [1.54, 1.807) is 6.92 Å². The van der Waals surface area contributed by atoms with Gasteiger partial charge in [-0.2, -0.15) is 0 Å². The third-order valence-electron chi connectivity index (χ3n) is 4.56. The molecule has 0 aromatic heterocycles. The van der Waals surface area contributed by atoms with Crippen LogP contribution in [0.4, 0.5) is 0 Å². The predicted octanol–water partition coefficient (Wildman–Crippen LogP) is 3.51. The average molecular weight is 391 g/mol. The predicted molar refractivity (Wildman–Crippen MR) is 101 cm³/mol. The van der Waals surface area contributed by atoms with Crippen LogP contribution >= 0.6 is 11.8 Å². The van der Waals surface area contributed by atoms with Crippen LogP contribution in [-0.2, 0) is 28.5 Å². The molecule has 0 spiro atoms. The second-order valence-corrected chi connectivity index (χ2v) is 8.63. The maximum atomic E-state index is 11.6. The van der Waals surface area contributed by atoms with Gasteiger partial charge in [-0.15, -0.1) is 0 Å². The SMILES string of the molecule is CCCCOC[C@]1(CSC(C)=O)O[C@@H]2OC(C)(C)O[C@H]2C1OCCCC. The molecule has 0 amide bonds. The first-order chi connectivity index (χ1) is 12.3. The van der Waals surface area contributed by atoms with Crippen LogP contribution in [-0.4, -0.2) is 60.6 Å². The molecular weight excluding hydrogens is 356 g/mol. The number of carbonyl (C=O) groups is 1. The molecule has 2 rings (SSSR count). The van der Waals surface area contributed by atoms with Crippen molar-refractivity contribution in [3.8, 4) is 0 Å². The molecule has 2 aliphatic rings. The van der Waals surface area contributed by atoms with Crippen molar-refractivity contribution < 1.29 is 28.5 Å². The van der Waals surface area contributed by atoms with Crippen LogP contribution < -0.4 is 0 Å². The van der Waals surface area contributed by atoms with Crippen LogP contribution in [0.3, 0.4) is 0 Å². The molecule has 7 heteroatoms. The van der Waals surface area contributed by atoms with Gasteiger partial charge >= 0.3 is 0 Å². The summed E-state index contributed by atoms with van der Waals surface area (Å²) in [5, 5.41) is 0.0491. The zero-order valence-corrected chi connectivity index (χ0v) is 17.6. The second-order valence-electron chi connectivity index (χ2n) is 7.48. The molecule has 0 bridgehead atoms. The minimum Gasteiger partial charge on any atom is -0.378 e. The lowest BCUT2D eigenvalue weighted by atomic mass is 9.98. The van der Waals surface area contributed by atoms with Gasteiger partial charge in [0.25, 0.3) is 0 Å². The minimum absolute atomic E-state index is 0.0491. The number of carbonyl (C=O) groups excluding carboxylic acids is 1. The molecule has 2 aliphatic heterocycles. The van der Waals surface area contributed by atoms with Gasteiger partial charge in [0, 0.05) is 25.9 Å². The van der Waals surface area contributed by atoms with E-state index in [0.717, 1.165) is 25.7 Å². The van der Waals surface area contributed by atoms with Crippen molar-refractivity contribution in [1.29, 1.82) is 0 Å². The zero-order valence-electron chi connectivity index (χ0n) is 16.7. The summed E-state index contributed by atoms with van der Waals surface area (Å²) in [6, 6.07) is 0. The van der Waals surface area contributed by atoms with E-state index in [1.165, 1.54) is 11.8 Å². The van der Waals surface area contributed by atoms with Gasteiger partial charge in [0.1, 0.15) is 17.8 Å². The largest absolute Gasteiger partial charge is 0.378 e. The van der Waals surface area contributed by atoms with E-state index in [0.29, 0.717) is 25.6 Å². The van der Waals surface area contributed by atoms with Crippen LogP contribution in [0.1, 0.15) is 60.3 Å². The summed E-state index contributed by atoms with van der Waals surface area (Å²) in [5.74, 6) is -0.240.